The van der Waals surface area contributed by atoms with E-state index in [0.717, 1.165) is 25.5 Å². The van der Waals surface area contributed by atoms with E-state index in [2.05, 4.69) is 15.4 Å². The molecule has 1 saturated heterocycles. The summed E-state index contributed by atoms with van der Waals surface area (Å²) in [5.41, 5.74) is 2.04. The highest BCUT2D eigenvalue weighted by atomic mass is 19.2. The maximum atomic E-state index is 13.5. The lowest BCUT2D eigenvalue weighted by atomic mass is 9.94. The van der Waals surface area contributed by atoms with Crippen molar-refractivity contribution in [3.63, 3.8) is 0 Å². The maximum absolute atomic E-state index is 13.5. The van der Waals surface area contributed by atoms with Gasteiger partial charge in [-0.15, -0.1) is 0 Å². The van der Waals surface area contributed by atoms with E-state index in [9.17, 15) is 18.0 Å². The molecule has 5 nitrogen and oxygen atoms in total. The first-order valence-corrected chi connectivity index (χ1v) is 10.1. The van der Waals surface area contributed by atoms with Crippen molar-refractivity contribution < 1.29 is 22.5 Å². The molecule has 1 amide bonds. The summed E-state index contributed by atoms with van der Waals surface area (Å²) >= 11 is 0. The Bertz CT molecular complexity index is 1070. The topological polar surface area (TPSA) is 58.4 Å². The summed E-state index contributed by atoms with van der Waals surface area (Å²) in [7, 11) is 0. The third-order valence-corrected chi connectivity index (χ3v) is 5.41. The number of halogens is 3. The van der Waals surface area contributed by atoms with Crippen LogP contribution in [0.25, 0.3) is 0 Å². The zero-order valence-electron chi connectivity index (χ0n) is 16.8. The standard InChI is InChI=1S/C23H22F3N3O2/c24-18-5-1-3-15(9-18)12-27-23(30)22-11-21(28-31-22)17-4-2-8-29(14-17)13-16-6-7-19(25)20(26)10-16/h1,3,5-7,9-11,17H,2,4,8,12-14H2,(H,27,30)/t17-/m0/s1. The van der Waals surface area contributed by atoms with Crippen LogP contribution in [-0.2, 0) is 13.1 Å². The van der Waals surface area contributed by atoms with Crippen molar-refractivity contribution in [2.45, 2.75) is 31.8 Å². The van der Waals surface area contributed by atoms with E-state index in [1.54, 1.807) is 24.3 Å². The minimum atomic E-state index is -0.855. The van der Waals surface area contributed by atoms with Gasteiger partial charge in [0.1, 0.15) is 5.82 Å². The molecule has 162 valence electrons. The van der Waals surface area contributed by atoms with Crippen LogP contribution in [0.5, 0.6) is 0 Å². The third kappa shape index (κ3) is 5.32. The molecule has 2 aromatic carbocycles. The monoisotopic (exact) mass is 429 g/mol. The summed E-state index contributed by atoms with van der Waals surface area (Å²) in [4.78, 5) is 14.5. The minimum Gasteiger partial charge on any atom is -0.351 e. The van der Waals surface area contributed by atoms with Crippen LogP contribution < -0.4 is 5.32 Å². The largest absolute Gasteiger partial charge is 0.351 e. The Morgan fingerprint density at radius 3 is 2.77 bits per heavy atom. The molecular formula is C23H22F3N3O2. The molecule has 4 rings (SSSR count). The fraction of sp³-hybridized carbons (Fsp3) is 0.304. The number of benzene rings is 2. The molecule has 0 saturated carbocycles. The Morgan fingerprint density at radius 1 is 1.10 bits per heavy atom. The molecule has 3 aromatic rings. The van der Waals surface area contributed by atoms with Crippen molar-refractivity contribution in [1.29, 1.82) is 0 Å². The highest BCUT2D eigenvalue weighted by Gasteiger charge is 2.25. The molecule has 31 heavy (non-hydrogen) atoms. The van der Waals surface area contributed by atoms with Crippen molar-refractivity contribution in [2.24, 2.45) is 0 Å². The molecule has 0 bridgehead atoms. The van der Waals surface area contributed by atoms with Gasteiger partial charge in [0.15, 0.2) is 11.6 Å². The van der Waals surface area contributed by atoms with Gasteiger partial charge in [-0.05, 0) is 54.8 Å². The van der Waals surface area contributed by atoms with Gasteiger partial charge in [0.2, 0.25) is 5.76 Å². The smallest absolute Gasteiger partial charge is 0.290 e. The zero-order valence-corrected chi connectivity index (χ0v) is 16.8. The van der Waals surface area contributed by atoms with Crippen molar-refractivity contribution in [1.82, 2.24) is 15.4 Å². The number of nitrogens with zero attached hydrogens (tertiary/aromatic N) is 2. The molecule has 0 spiro atoms. The molecule has 1 fully saturated rings. The number of amides is 1. The summed E-state index contributed by atoms with van der Waals surface area (Å²) in [6.45, 7) is 2.20. The van der Waals surface area contributed by atoms with E-state index in [4.69, 9.17) is 4.52 Å². The highest BCUT2D eigenvalue weighted by Crippen LogP contribution is 2.27. The van der Waals surface area contributed by atoms with Crippen molar-refractivity contribution in [2.75, 3.05) is 13.1 Å². The minimum absolute atomic E-state index is 0.0764. The van der Waals surface area contributed by atoms with Crippen LogP contribution in [0.4, 0.5) is 13.2 Å². The zero-order chi connectivity index (χ0) is 21.8. The Morgan fingerprint density at radius 2 is 1.97 bits per heavy atom. The highest BCUT2D eigenvalue weighted by molar-refractivity contribution is 5.91. The normalized spacial score (nSPS) is 16.9. The maximum Gasteiger partial charge on any atom is 0.290 e. The fourth-order valence-electron chi connectivity index (χ4n) is 3.84. The van der Waals surface area contributed by atoms with Gasteiger partial charge in [0.25, 0.3) is 5.91 Å². The Kier molecular flexibility index (Phi) is 6.36. The van der Waals surface area contributed by atoms with Gasteiger partial charge in [-0.2, -0.15) is 0 Å². The summed E-state index contributed by atoms with van der Waals surface area (Å²) < 4.78 is 45.1. The van der Waals surface area contributed by atoms with E-state index in [1.165, 1.54) is 18.2 Å². The lowest BCUT2D eigenvalue weighted by Crippen LogP contribution is -2.34. The third-order valence-electron chi connectivity index (χ3n) is 5.41. The van der Waals surface area contributed by atoms with Crippen LogP contribution in [0.3, 0.4) is 0 Å². The molecule has 1 atom stereocenters. The SMILES string of the molecule is O=C(NCc1cccc(F)c1)c1cc([C@H]2CCCN(Cc3ccc(F)c(F)c3)C2)no1. The van der Waals surface area contributed by atoms with Crippen LogP contribution in [0.15, 0.2) is 53.1 Å². The van der Waals surface area contributed by atoms with Crippen LogP contribution in [0.1, 0.15) is 46.1 Å². The number of carbonyl (C=O) groups excluding carboxylic acids is 1. The molecular weight excluding hydrogens is 407 g/mol. The van der Waals surface area contributed by atoms with Gasteiger partial charge >= 0.3 is 0 Å². The van der Waals surface area contributed by atoms with Gasteiger partial charge in [-0.1, -0.05) is 23.4 Å². The summed E-state index contributed by atoms with van der Waals surface area (Å²) in [5, 5.41) is 6.76. The van der Waals surface area contributed by atoms with Crippen molar-refractivity contribution in [3.05, 3.63) is 88.6 Å². The van der Waals surface area contributed by atoms with Crippen LogP contribution in [0.2, 0.25) is 0 Å². The molecule has 1 N–H and O–H groups in total. The lowest BCUT2D eigenvalue weighted by Gasteiger charge is -2.31. The van der Waals surface area contributed by atoms with Crippen LogP contribution >= 0.6 is 0 Å². The van der Waals surface area contributed by atoms with Crippen molar-refractivity contribution in [3.8, 4) is 0 Å². The molecule has 1 aromatic heterocycles. The fourth-order valence-corrected chi connectivity index (χ4v) is 3.84. The Labute approximate surface area is 177 Å². The van der Waals surface area contributed by atoms with Gasteiger partial charge in [-0.3, -0.25) is 9.69 Å². The molecule has 2 heterocycles. The first-order chi connectivity index (χ1) is 15.0. The Balaban J connectivity index is 1.35. The van der Waals surface area contributed by atoms with Gasteiger partial charge in [0.05, 0.1) is 5.69 Å². The van der Waals surface area contributed by atoms with E-state index in [1.807, 2.05) is 0 Å². The average molecular weight is 429 g/mol. The molecule has 0 aliphatic carbocycles. The van der Waals surface area contributed by atoms with Gasteiger partial charge < -0.3 is 9.84 Å². The molecule has 1 aliphatic rings. The number of carbonyl (C=O) groups is 1. The van der Waals surface area contributed by atoms with E-state index in [-0.39, 0.29) is 24.0 Å². The molecule has 8 heteroatoms. The summed E-state index contributed by atoms with van der Waals surface area (Å²) in [5.74, 6) is -2.31. The number of piperidine rings is 1. The van der Waals surface area contributed by atoms with E-state index >= 15 is 0 Å². The first-order valence-electron chi connectivity index (χ1n) is 10.1. The van der Waals surface area contributed by atoms with Gasteiger partial charge in [0, 0.05) is 31.6 Å². The molecule has 0 radical (unpaired) electrons. The first kappa shape index (κ1) is 21.1. The predicted octanol–water partition coefficient (Wildman–Crippen LogP) is 4.40. The number of nitrogens with one attached hydrogen (secondary N) is 1. The summed E-state index contributed by atoms with van der Waals surface area (Å²) in [6, 6.07) is 11.6. The number of hydrogen-bond acceptors (Lipinski definition) is 4. The number of rotatable bonds is 6. The summed E-state index contributed by atoms with van der Waals surface area (Å²) in [6.07, 6.45) is 1.81. The number of likely N-dealkylation sites (tertiary alicyclic amines) is 1. The predicted molar refractivity (Wildman–Crippen MR) is 108 cm³/mol. The van der Waals surface area contributed by atoms with Crippen molar-refractivity contribution >= 4 is 5.91 Å². The quantitative estimate of drug-likeness (QED) is 0.631. The average Bonchev–Trinajstić information content (AvgIpc) is 3.25. The van der Waals surface area contributed by atoms with Crippen LogP contribution in [0, 0.1) is 17.5 Å². The second-order valence-electron chi connectivity index (χ2n) is 7.75. The second kappa shape index (κ2) is 9.34. The molecule has 1 aliphatic heterocycles. The van der Waals surface area contributed by atoms with E-state index < -0.39 is 17.5 Å². The van der Waals surface area contributed by atoms with E-state index in [0.29, 0.717) is 29.9 Å². The molecule has 0 unspecified atom stereocenters. The van der Waals surface area contributed by atoms with Gasteiger partial charge in [-0.25, -0.2) is 13.2 Å². The second-order valence-corrected chi connectivity index (χ2v) is 7.75. The number of hydrogen-bond donors (Lipinski definition) is 1. The van der Waals surface area contributed by atoms with Crippen LogP contribution in [-0.4, -0.2) is 29.1 Å². The number of aromatic nitrogens is 1. The Hall–Kier alpha value is -3.13. The lowest BCUT2D eigenvalue weighted by molar-refractivity contribution is 0.0913.